The van der Waals surface area contributed by atoms with Crippen molar-refractivity contribution in [3.63, 3.8) is 0 Å². The van der Waals surface area contributed by atoms with Gasteiger partial charge in [0.2, 0.25) is 0 Å². The molecule has 0 atom stereocenters. The molecule has 0 amide bonds. The minimum Gasteiger partial charge on any atom is -0.383 e. The molecule has 0 spiro atoms. The van der Waals surface area contributed by atoms with Crippen molar-refractivity contribution >= 4 is 28.5 Å². The van der Waals surface area contributed by atoms with Crippen LogP contribution in [-0.2, 0) is 12.8 Å². The van der Waals surface area contributed by atoms with E-state index in [0.29, 0.717) is 16.5 Å². The van der Waals surface area contributed by atoms with E-state index in [2.05, 4.69) is 9.97 Å². The van der Waals surface area contributed by atoms with E-state index in [1.54, 1.807) is 16.7 Å². The maximum absolute atomic E-state index is 13.1. The lowest BCUT2D eigenvalue weighted by Crippen LogP contribution is -2.27. The van der Waals surface area contributed by atoms with Gasteiger partial charge in [-0.3, -0.25) is 9.36 Å². The molecular weight excluding hydrogens is 312 g/mol. The summed E-state index contributed by atoms with van der Waals surface area (Å²) < 4.78 is 1.62. The third-order valence-electron chi connectivity index (χ3n) is 4.38. The van der Waals surface area contributed by atoms with Crippen LogP contribution in [0.25, 0.3) is 16.7 Å². The van der Waals surface area contributed by atoms with Crippen molar-refractivity contribution in [3.8, 4) is 5.69 Å². The predicted molar refractivity (Wildman–Crippen MR) is 91.2 cm³/mol. The molecule has 2 heterocycles. The lowest BCUT2D eigenvalue weighted by molar-refractivity contribution is 0.677. The maximum atomic E-state index is 13.1. The molecule has 0 bridgehead atoms. The quantitative estimate of drug-likeness (QED) is 0.746. The fourth-order valence-corrected chi connectivity index (χ4v) is 3.45. The lowest BCUT2D eigenvalue weighted by atomic mass is 9.90. The average Bonchev–Trinajstić information content (AvgIpc) is 2.57. The Morgan fingerprint density at radius 2 is 1.74 bits per heavy atom. The van der Waals surface area contributed by atoms with Gasteiger partial charge in [0.25, 0.3) is 5.56 Å². The first-order valence-electron chi connectivity index (χ1n) is 7.59. The second-order valence-corrected chi connectivity index (χ2v) is 6.18. The Morgan fingerprint density at radius 3 is 2.48 bits per heavy atom. The number of nitrogen functional groups attached to an aromatic ring is 1. The van der Waals surface area contributed by atoms with Gasteiger partial charge in [-0.1, -0.05) is 11.6 Å². The predicted octanol–water partition coefficient (Wildman–Crippen LogP) is 2.90. The van der Waals surface area contributed by atoms with Crippen LogP contribution in [0, 0.1) is 0 Å². The highest BCUT2D eigenvalue weighted by Crippen LogP contribution is 2.29. The number of halogens is 1. The van der Waals surface area contributed by atoms with Gasteiger partial charge in [0.15, 0.2) is 5.65 Å². The number of aromatic nitrogens is 3. The number of pyridine rings is 1. The van der Waals surface area contributed by atoms with Gasteiger partial charge in [0.05, 0.1) is 11.1 Å². The third kappa shape index (κ3) is 2.19. The summed E-state index contributed by atoms with van der Waals surface area (Å²) in [4.78, 5) is 21.5. The normalized spacial score (nSPS) is 14.0. The standard InChI is InChI=1S/C17H15ClN4O/c18-10-5-7-11(8-6-10)22-16-14(15(19)20-9-21-16)12-3-1-2-4-13(12)17(22)23/h5-9H,1-4H2,(H2,19,20,21). The Bertz CT molecular complexity index is 963. The fraction of sp³-hybridized carbons (Fsp3) is 0.235. The summed E-state index contributed by atoms with van der Waals surface area (Å²) in [6.07, 6.45) is 5.09. The number of aryl methyl sites for hydroxylation is 1. The third-order valence-corrected chi connectivity index (χ3v) is 4.64. The molecule has 23 heavy (non-hydrogen) atoms. The SMILES string of the molecule is Nc1ncnc2c1c1c(c(=O)n2-c2ccc(Cl)cc2)CCCC1. The van der Waals surface area contributed by atoms with Crippen molar-refractivity contribution in [2.75, 3.05) is 5.73 Å². The van der Waals surface area contributed by atoms with Gasteiger partial charge in [-0.25, -0.2) is 9.97 Å². The minimum absolute atomic E-state index is 0.0207. The topological polar surface area (TPSA) is 73.8 Å². The van der Waals surface area contributed by atoms with Crippen LogP contribution in [-0.4, -0.2) is 14.5 Å². The summed E-state index contributed by atoms with van der Waals surface area (Å²) >= 11 is 5.96. The molecule has 5 nitrogen and oxygen atoms in total. The monoisotopic (exact) mass is 326 g/mol. The van der Waals surface area contributed by atoms with Crippen molar-refractivity contribution in [1.82, 2.24) is 14.5 Å². The number of fused-ring (bicyclic) bond motifs is 3. The van der Waals surface area contributed by atoms with E-state index in [0.717, 1.165) is 47.9 Å². The van der Waals surface area contributed by atoms with Crippen LogP contribution in [0.4, 0.5) is 5.82 Å². The van der Waals surface area contributed by atoms with Crippen LogP contribution in [0.5, 0.6) is 0 Å². The highest BCUT2D eigenvalue weighted by Gasteiger charge is 2.22. The van der Waals surface area contributed by atoms with Crippen LogP contribution in [0.2, 0.25) is 5.02 Å². The van der Waals surface area contributed by atoms with Crippen molar-refractivity contribution < 1.29 is 0 Å². The van der Waals surface area contributed by atoms with Crippen LogP contribution < -0.4 is 11.3 Å². The Kier molecular flexibility index (Phi) is 3.31. The molecule has 0 saturated carbocycles. The van der Waals surface area contributed by atoms with Gasteiger partial charge in [-0.2, -0.15) is 0 Å². The zero-order chi connectivity index (χ0) is 16.0. The van der Waals surface area contributed by atoms with E-state index in [4.69, 9.17) is 17.3 Å². The molecule has 1 aliphatic rings. The van der Waals surface area contributed by atoms with Gasteiger partial charge in [0.1, 0.15) is 12.1 Å². The fourth-order valence-electron chi connectivity index (χ4n) is 3.33. The highest BCUT2D eigenvalue weighted by molar-refractivity contribution is 6.30. The van der Waals surface area contributed by atoms with Crippen LogP contribution in [0.1, 0.15) is 24.0 Å². The van der Waals surface area contributed by atoms with E-state index in [9.17, 15) is 4.79 Å². The molecule has 1 aromatic carbocycles. The molecule has 2 N–H and O–H groups in total. The first-order valence-corrected chi connectivity index (χ1v) is 7.97. The number of hydrogen-bond donors (Lipinski definition) is 1. The largest absolute Gasteiger partial charge is 0.383 e. The Labute approximate surface area is 137 Å². The molecule has 0 radical (unpaired) electrons. The van der Waals surface area contributed by atoms with Gasteiger partial charge < -0.3 is 5.73 Å². The Balaban J connectivity index is 2.16. The Morgan fingerprint density at radius 1 is 1.04 bits per heavy atom. The lowest BCUT2D eigenvalue weighted by Gasteiger charge is -2.21. The Hall–Kier alpha value is -2.40. The van der Waals surface area contributed by atoms with Crippen LogP contribution in [0.15, 0.2) is 35.4 Å². The molecule has 0 fully saturated rings. The number of nitrogens with zero attached hydrogens (tertiary/aromatic N) is 3. The van der Waals surface area contributed by atoms with E-state index in [-0.39, 0.29) is 5.56 Å². The molecule has 4 rings (SSSR count). The zero-order valence-electron chi connectivity index (χ0n) is 12.4. The second kappa shape index (κ2) is 5.35. The minimum atomic E-state index is -0.0207. The van der Waals surface area contributed by atoms with Crippen molar-refractivity contribution in [2.24, 2.45) is 0 Å². The van der Waals surface area contributed by atoms with E-state index >= 15 is 0 Å². The number of hydrogen-bond acceptors (Lipinski definition) is 4. The first kappa shape index (κ1) is 14.2. The summed E-state index contributed by atoms with van der Waals surface area (Å²) in [5, 5.41) is 1.43. The summed E-state index contributed by atoms with van der Waals surface area (Å²) in [5.41, 5.74) is 9.23. The second-order valence-electron chi connectivity index (χ2n) is 5.74. The molecule has 0 aliphatic heterocycles. The molecule has 0 unspecified atom stereocenters. The maximum Gasteiger partial charge on any atom is 0.260 e. The first-order chi connectivity index (χ1) is 11.2. The van der Waals surface area contributed by atoms with E-state index in [1.165, 1.54) is 6.33 Å². The van der Waals surface area contributed by atoms with Gasteiger partial charge in [0, 0.05) is 10.6 Å². The summed E-state index contributed by atoms with van der Waals surface area (Å²) in [6.45, 7) is 0. The van der Waals surface area contributed by atoms with Gasteiger partial charge in [-0.05, 0) is 55.5 Å². The van der Waals surface area contributed by atoms with Gasteiger partial charge >= 0.3 is 0 Å². The molecular formula is C17H15ClN4O. The van der Waals surface area contributed by atoms with Crippen molar-refractivity contribution in [2.45, 2.75) is 25.7 Å². The van der Waals surface area contributed by atoms with E-state index < -0.39 is 0 Å². The van der Waals surface area contributed by atoms with Crippen LogP contribution >= 0.6 is 11.6 Å². The molecule has 116 valence electrons. The smallest absolute Gasteiger partial charge is 0.260 e. The number of nitrogens with two attached hydrogens (primary N) is 1. The molecule has 3 aromatic rings. The molecule has 2 aromatic heterocycles. The molecule has 0 saturated heterocycles. The summed E-state index contributed by atoms with van der Waals surface area (Å²) in [7, 11) is 0. The summed E-state index contributed by atoms with van der Waals surface area (Å²) in [6, 6.07) is 7.16. The van der Waals surface area contributed by atoms with Gasteiger partial charge in [-0.15, -0.1) is 0 Å². The van der Waals surface area contributed by atoms with Crippen molar-refractivity contribution in [1.29, 1.82) is 0 Å². The molecule has 6 heteroatoms. The number of rotatable bonds is 1. The highest BCUT2D eigenvalue weighted by atomic mass is 35.5. The van der Waals surface area contributed by atoms with E-state index in [1.807, 2.05) is 12.1 Å². The number of benzene rings is 1. The average molecular weight is 327 g/mol. The summed E-state index contributed by atoms with van der Waals surface area (Å²) in [5.74, 6) is 0.427. The van der Waals surface area contributed by atoms with Crippen molar-refractivity contribution in [3.05, 3.63) is 57.1 Å². The molecule has 1 aliphatic carbocycles. The zero-order valence-corrected chi connectivity index (χ0v) is 13.2. The number of anilines is 1. The van der Waals surface area contributed by atoms with Crippen LogP contribution in [0.3, 0.4) is 0 Å².